The molecule has 0 unspecified atom stereocenters. The van der Waals surface area contributed by atoms with E-state index < -0.39 is 16.1 Å². The molecule has 42 heavy (non-hydrogen) atoms. The van der Waals surface area contributed by atoms with Crippen LogP contribution in [0.2, 0.25) is 0 Å². The number of amides is 2. The second-order valence-corrected chi connectivity index (χ2v) is 12.9. The van der Waals surface area contributed by atoms with Crippen molar-refractivity contribution in [3.05, 3.63) is 95.6 Å². The Morgan fingerprint density at radius 2 is 1.62 bits per heavy atom. The lowest BCUT2D eigenvalue weighted by molar-refractivity contribution is -0.141. The third-order valence-corrected chi connectivity index (χ3v) is 8.08. The Kier molecular flexibility index (Phi) is 12.0. The van der Waals surface area contributed by atoms with Crippen LogP contribution in [0.5, 0.6) is 5.75 Å². The van der Waals surface area contributed by atoms with Crippen molar-refractivity contribution >= 4 is 27.5 Å². The van der Waals surface area contributed by atoms with E-state index in [1.54, 1.807) is 18.1 Å². The number of benzene rings is 3. The maximum Gasteiger partial charge on any atom is 0.243 e. The molecular formula is C33H43N3O5S. The highest BCUT2D eigenvalue weighted by molar-refractivity contribution is 7.92. The monoisotopic (exact) mass is 593 g/mol. The van der Waals surface area contributed by atoms with Crippen LogP contribution in [0.15, 0.2) is 78.9 Å². The van der Waals surface area contributed by atoms with Crippen molar-refractivity contribution in [2.24, 2.45) is 5.92 Å². The first kappa shape index (κ1) is 32.7. The zero-order valence-corrected chi connectivity index (χ0v) is 26.1. The van der Waals surface area contributed by atoms with E-state index >= 15 is 0 Å². The summed E-state index contributed by atoms with van der Waals surface area (Å²) >= 11 is 0. The van der Waals surface area contributed by atoms with E-state index in [1.165, 1.54) is 10.6 Å². The first-order valence-corrected chi connectivity index (χ1v) is 16.1. The van der Waals surface area contributed by atoms with Gasteiger partial charge in [0.25, 0.3) is 0 Å². The smallest absolute Gasteiger partial charge is 0.243 e. The highest BCUT2D eigenvalue weighted by Gasteiger charge is 2.30. The number of nitrogens with zero attached hydrogens (tertiary/aromatic N) is 2. The van der Waals surface area contributed by atoms with Crippen LogP contribution in [0.1, 0.15) is 43.4 Å². The fourth-order valence-corrected chi connectivity index (χ4v) is 5.69. The van der Waals surface area contributed by atoms with Crippen molar-refractivity contribution in [3.63, 3.8) is 0 Å². The van der Waals surface area contributed by atoms with Gasteiger partial charge in [-0.05, 0) is 60.2 Å². The molecule has 0 saturated heterocycles. The van der Waals surface area contributed by atoms with Crippen LogP contribution >= 0.6 is 0 Å². The molecule has 1 atom stereocenters. The molecule has 0 spiro atoms. The van der Waals surface area contributed by atoms with Crippen LogP contribution in [-0.4, -0.2) is 57.6 Å². The Morgan fingerprint density at radius 1 is 0.929 bits per heavy atom. The van der Waals surface area contributed by atoms with Gasteiger partial charge in [0.05, 0.1) is 19.1 Å². The molecular weight excluding hydrogens is 550 g/mol. The van der Waals surface area contributed by atoms with E-state index in [0.29, 0.717) is 30.8 Å². The lowest BCUT2D eigenvalue weighted by Crippen LogP contribution is -2.51. The predicted molar refractivity (Wildman–Crippen MR) is 168 cm³/mol. The van der Waals surface area contributed by atoms with Crippen LogP contribution in [0.3, 0.4) is 0 Å². The summed E-state index contributed by atoms with van der Waals surface area (Å²) < 4.78 is 32.0. The number of methoxy groups -OCH3 is 1. The summed E-state index contributed by atoms with van der Waals surface area (Å²) in [5, 5.41) is 3.02. The Balaban J connectivity index is 1.90. The van der Waals surface area contributed by atoms with Crippen LogP contribution in [0.4, 0.5) is 5.69 Å². The summed E-state index contributed by atoms with van der Waals surface area (Å²) in [6, 6.07) is 23.6. The summed E-state index contributed by atoms with van der Waals surface area (Å²) in [6.07, 6.45) is 1.88. The molecule has 3 aromatic carbocycles. The number of hydrogen-bond donors (Lipinski definition) is 1. The van der Waals surface area contributed by atoms with Crippen LogP contribution in [0, 0.1) is 12.8 Å². The molecule has 2 amide bonds. The van der Waals surface area contributed by atoms with Gasteiger partial charge >= 0.3 is 0 Å². The highest BCUT2D eigenvalue weighted by Crippen LogP contribution is 2.22. The molecule has 0 aliphatic rings. The summed E-state index contributed by atoms with van der Waals surface area (Å²) in [5.41, 5.74) is 3.27. The molecule has 0 heterocycles. The number of sulfonamides is 1. The molecule has 9 heteroatoms. The van der Waals surface area contributed by atoms with Gasteiger partial charge in [0.1, 0.15) is 11.8 Å². The molecule has 1 N–H and O–H groups in total. The number of carbonyl (C=O) groups excluding carboxylic acids is 2. The van der Waals surface area contributed by atoms with Crippen molar-refractivity contribution in [2.45, 2.75) is 52.6 Å². The molecule has 3 aromatic rings. The molecule has 0 bridgehead atoms. The lowest BCUT2D eigenvalue weighted by Gasteiger charge is -2.32. The summed E-state index contributed by atoms with van der Waals surface area (Å²) in [7, 11) is -1.98. The molecule has 0 aliphatic heterocycles. The molecule has 0 aliphatic carbocycles. The van der Waals surface area contributed by atoms with Gasteiger partial charge in [0.2, 0.25) is 21.8 Å². The molecule has 0 radical (unpaired) electrons. The number of aryl methyl sites for hydroxylation is 1. The van der Waals surface area contributed by atoms with Gasteiger partial charge in [-0.1, -0.05) is 68.4 Å². The van der Waals surface area contributed by atoms with Crippen molar-refractivity contribution < 1.29 is 22.7 Å². The van der Waals surface area contributed by atoms with Crippen LogP contribution in [0.25, 0.3) is 0 Å². The zero-order chi connectivity index (χ0) is 30.7. The van der Waals surface area contributed by atoms with Crippen molar-refractivity contribution in [1.29, 1.82) is 0 Å². The summed E-state index contributed by atoms with van der Waals surface area (Å²) in [6.45, 7) is 6.79. The molecule has 0 saturated carbocycles. The normalized spacial score (nSPS) is 12.0. The molecule has 0 aromatic heterocycles. The van der Waals surface area contributed by atoms with Gasteiger partial charge in [-0.3, -0.25) is 13.9 Å². The van der Waals surface area contributed by atoms with Crippen LogP contribution < -0.4 is 14.4 Å². The Morgan fingerprint density at radius 3 is 2.26 bits per heavy atom. The minimum absolute atomic E-state index is 0.0740. The average molecular weight is 594 g/mol. The van der Waals surface area contributed by atoms with Crippen LogP contribution in [-0.2, 0) is 32.6 Å². The van der Waals surface area contributed by atoms with Gasteiger partial charge in [-0.15, -0.1) is 0 Å². The fraction of sp³-hybridized carbons (Fsp3) is 0.394. The molecule has 8 nitrogen and oxygen atoms in total. The van der Waals surface area contributed by atoms with E-state index in [-0.39, 0.29) is 37.2 Å². The quantitative estimate of drug-likeness (QED) is 0.269. The minimum atomic E-state index is -3.56. The number of carbonyl (C=O) groups is 2. The number of ether oxygens (including phenoxy) is 1. The van der Waals surface area contributed by atoms with E-state index in [1.807, 2.05) is 93.6 Å². The van der Waals surface area contributed by atoms with Crippen molar-refractivity contribution in [1.82, 2.24) is 10.2 Å². The molecule has 226 valence electrons. The van der Waals surface area contributed by atoms with E-state index in [0.717, 1.165) is 16.7 Å². The second kappa shape index (κ2) is 15.4. The van der Waals surface area contributed by atoms with Gasteiger partial charge < -0.3 is 15.0 Å². The average Bonchev–Trinajstić information content (AvgIpc) is 2.95. The second-order valence-electron chi connectivity index (χ2n) is 11.0. The number of anilines is 1. The number of hydrogen-bond acceptors (Lipinski definition) is 5. The SMILES string of the molecule is COc1cccc(CN(C(=O)CCCN(c2cccc(C)c2)S(C)(=O)=O)[C@H](Cc2ccccc2)C(=O)NCC(C)C)c1. The Labute approximate surface area is 250 Å². The number of rotatable bonds is 15. The zero-order valence-electron chi connectivity index (χ0n) is 25.2. The van der Waals surface area contributed by atoms with Crippen molar-refractivity contribution in [2.75, 3.05) is 30.8 Å². The Hall–Kier alpha value is -3.85. The predicted octanol–water partition coefficient (Wildman–Crippen LogP) is 4.96. The first-order chi connectivity index (χ1) is 20.0. The van der Waals surface area contributed by atoms with E-state index in [9.17, 15) is 18.0 Å². The maximum absolute atomic E-state index is 13.9. The Bertz CT molecular complexity index is 1430. The third-order valence-electron chi connectivity index (χ3n) is 6.88. The highest BCUT2D eigenvalue weighted by atomic mass is 32.2. The maximum atomic E-state index is 13.9. The fourth-order valence-electron chi connectivity index (χ4n) is 4.73. The van der Waals surface area contributed by atoms with E-state index in [4.69, 9.17) is 4.74 Å². The van der Waals surface area contributed by atoms with Gasteiger partial charge in [0, 0.05) is 32.5 Å². The van der Waals surface area contributed by atoms with Gasteiger partial charge in [0.15, 0.2) is 0 Å². The summed E-state index contributed by atoms with van der Waals surface area (Å²) in [4.78, 5) is 29.2. The largest absolute Gasteiger partial charge is 0.497 e. The van der Waals surface area contributed by atoms with Gasteiger partial charge in [-0.25, -0.2) is 8.42 Å². The lowest BCUT2D eigenvalue weighted by atomic mass is 10.0. The van der Waals surface area contributed by atoms with Gasteiger partial charge in [-0.2, -0.15) is 0 Å². The van der Waals surface area contributed by atoms with Crippen molar-refractivity contribution in [3.8, 4) is 5.75 Å². The molecule has 0 fully saturated rings. The first-order valence-electron chi connectivity index (χ1n) is 14.3. The van der Waals surface area contributed by atoms with E-state index in [2.05, 4.69) is 5.32 Å². The minimum Gasteiger partial charge on any atom is -0.497 e. The molecule has 3 rings (SSSR count). The topological polar surface area (TPSA) is 96.0 Å². The summed E-state index contributed by atoms with van der Waals surface area (Å²) in [5.74, 6) is 0.459. The standard InChI is InChI=1S/C33H43N3O5S/c1-25(2)23-34-33(38)31(22-27-13-7-6-8-14-27)35(24-28-15-10-17-30(21-28)41-4)32(37)18-11-19-36(42(5,39)40)29-16-9-12-26(3)20-29/h6-10,12-17,20-21,25,31H,11,18-19,22-24H2,1-5H3,(H,34,38)/t31-/m1/s1. The number of nitrogens with one attached hydrogen (secondary N) is 1. The third kappa shape index (κ3) is 9.91.